The van der Waals surface area contributed by atoms with Gasteiger partial charge in [-0.3, -0.25) is 4.90 Å². The Labute approximate surface area is 143 Å². The standard InChI is InChI=1S/C17H26ClN3O2/c1-16(2,3)23-15(22)20-9-7-17(8-10-20)13-5-6-14(18)21(13)12-11-19(17)4/h5-6H,7-12H2,1-4H3. The lowest BCUT2D eigenvalue weighted by molar-refractivity contribution is -0.0116. The van der Waals surface area contributed by atoms with Crippen molar-refractivity contribution < 1.29 is 9.53 Å². The van der Waals surface area contributed by atoms with Gasteiger partial charge in [0.2, 0.25) is 0 Å². The summed E-state index contributed by atoms with van der Waals surface area (Å²) in [5.41, 5.74) is 0.806. The molecule has 0 aliphatic carbocycles. The molecule has 1 fully saturated rings. The number of carbonyl (C=O) groups is 1. The lowest BCUT2D eigenvalue weighted by Crippen LogP contribution is -2.56. The van der Waals surface area contributed by atoms with E-state index in [-0.39, 0.29) is 11.6 Å². The quantitative estimate of drug-likeness (QED) is 0.727. The molecule has 2 aliphatic rings. The number of likely N-dealkylation sites (tertiary alicyclic amines) is 1. The fourth-order valence-electron chi connectivity index (χ4n) is 3.76. The van der Waals surface area contributed by atoms with E-state index in [1.807, 2.05) is 31.7 Å². The van der Waals surface area contributed by atoms with Crippen LogP contribution in [0.5, 0.6) is 0 Å². The fraction of sp³-hybridized carbons (Fsp3) is 0.706. The van der Waals surface area contributed by atoms with Gasteiger partial charge in [0.1, 0.15) is 10.8 Å². The highest BCUT2D eigenvalue weighted by atomic mass is 35.5. The van der Waals surface area contributed by atoms with Gasteiger partial charge in [0, 0.05) is 31.9 Å². The van der Waals surface area contributed by atoms with Gasteiger partial charge in [-0.25, -0.2) is 4.79 Å². The SMILES string of the molecule is CN1CCn2c(Cl)ccc2C12CCN(C(=O)OC(C)(C)C)CC2. The molecule has 23 heavy (non-hydrogen) atoms. The normalized spacial score (nSPS) is 21.3. The molecular formula is C17H26ClN3O2. The number of rotatable bonds is 0. The highest BCUT2D eigenvalue weighted by Gasteiger charge is 2.45. The van der Waals surface area contributed by atoms with Gasteiger partial charge >= 0.3 is 6.09 Å². The minimum absolute atomic E-state index is 0.0239. The number of ether oxygens (including phenoxy) is 1. The Bertz CT molecular complexity index is 597. The summed E-state index contributed by atoms with van der Waals surface area (Å²) in [4.78, 5) is 16.5. The zero-order valence-corrected chi connectivity index (χ0v) is 15.2. The fourth-order valence-corrected chi connectivity index (χ4v) is 4.00. The minimum Gasteiger partial charge on any atom is -0.444 e. The molecule has 0 aromatic carbocycles. The average Bonchev–Trinajstić information content (AvgIpc) is 2.84. The monoisotopic (exact) mass is 339 g/mol. The molecule has 6 heteroatoms. The first-order chi connectivity index (χ1) is 10.7. The van der Waals surface area contributed by atoms with Crippen molar-refractivity contribution in [3.8, 4) is 0 Å². The van der Waals surface area contributed by atoms with Crippen molar-refractivity contribution in [3.05, 3.63) is 23.0 Å². The van der Waals surface area contributed by atoms with Crippen molar-refractivity contribution in [2.24, 2.45) is 0 Å². The number of halogens is 1. The highest BCUT2D eigenvalue weighted by molar-refractivity contribution is 6.29. The average molecular weight is 340 g/mol. The van der Waals surface area contributed by atoms with Crippen LogP contribution in [0.2, 0.25) is 5.15 Å². The maximum absolute atomic E-state index is 12.3. The number of nitrogens with zero attached hydrogens (tertiary/aromatic N) is 3. The van der Waals surface area contributed by atoms with Crippen LogP contribution in [0, 0.1) is 0 Å². The Kier molecular flexibility index (Phi) is 4.13. The summed E-state index contributed by atoms with van der Waals surface area (Å²) in [6.45, 7) is 9.04. The first kappa shape index (κ1) is 16.7. The maximum Gasteiger partial charge on any atom is 0.410 e. The number of hydrogen-bond donors (Lipinski definition) is 0. The van der Waals surface area contributed by atoms with E-state index in [1.54, 1.807) is 0 Å². The second-order valence-corrected chi connectivity index (χ2v) is 8.00. The summed E-state index contributed by atoms with van der Waals surface area (Å²) in [7, 11) is 2.17. The summed E-state index contributed by atoms with van der Waals surface area (Å²) in [6.07, 6.45) is 1.60. The van der Waals surface area contributed by atoms with Crippen molar-refractivity contribution in [2.45, 2.75) is 51.3 Å². The summed E-state index contributed by atoms with van der Waals surface area (Å²) >= 11 is 6.32. The van der Waals surface area contributed by atoms with Crippen molar-refractivity contribution in [3.63, 3.8) is 0 Å². The highest BCUT2D eigenvalue weighted by Crippen LogP contribution is 2.42. The molecule has 0 bridgehead atoms. The van der Waals surface area contributed by atoms with E-state index in [9.17, 15) is 4.79 Å². The van der Waals surface area contributed by atoms with Crippen LogP contribution in [0.25, 0.3) is 0 Å². The second kappa shape index (κ2) is 5.71. The number of hydrogen-bond acceptors (Lipinski definition) is 3. The van der Waals surface area contributed by atoms with Gasteiger partial charge in [-0.15, -0.1) is 0 Å². The van der Waals surface area contributed by atoms with Crippen molar-refractivity contribution in [1.29, 1.82) is 0 Å². The lowest BCUT2D eigenvalue weighted by Gasteiger charge is -2.50. The van der Waals surface area contributed by atoms with Crippen LogP contribution in [0.15, 0.2) is 12.1 Å². The maximum atomic E-state index is 12.3. The molecule has 3 heterocycles. The molecule has 0 atom stereocenters. The number of carbonyl (C=O) groups excluding carboxylic acids is 1. The third-order valence-electron chi connectivity index (χ3n) is 5.04. The van der Waals surface area contributed by atoms with Crippen molar-refractivity contribution in [2.75, 3.05) is 26.7 Å². The predicted molar refractivity (Wildman–Crippen MR) is 90.8 cm³/mol. The molecule has 1 amide bonds. The molecule has 0 radical (unpaired) electrons. The van der Waals surface area contributed by atoms with Crippen LogP contribution >= 0.6 is 11.6 Å². The molecule has 2 aliphatic heterocycles. The van der Waals surface area contributed by atoms with Crippen LogP contribution in [0.4, 0.5) is 4.79 Å². The predicted octanol–water partition coefficient (Wildman–Crippen LogP) is 3.31. The largest absolute Gasteiger partial charge is 0.444 e. The third kappa shape index (κ3) is 2.96. The zero-order chi connectivity index (χ0) is 16.8. The molecule has 0 N–H and O–H groups in total. The molecule has 0 saturated carbocycles. The summed E-state index contributed by atoms with van der Waals surface area (Å²) in [6, 6.07) is 4.12. The summed E-state index contributed by atoms with van der Waals surface area (Å²) in [5.74, 6) is 0. The molecule has 0 unspecified atom stereocenters. The summed E-state index contributed by atoms with van der Waals surface area (Å²) < 4.78 is 7.71. The minimum atomic E-state index is -0.448. The Morgan fingerprint density at radius 1 is 1.17 bits per heavy atom. The van der Waals surface area contributed by atoms with Gasteiger partial charge in [-0.2, -0.15) is 0 Å². The van der Waals surface area contributed by atoms with Gasteiger partial charge in [-0.05, 0) is 52.8 Å². The van der Waals surface area contributed by atoms with E-state index in [0.717, 1.165) is 31.1 Å². The second-order valence-electron chi connectivity index (χ2n) is 7.61. The first-order valence-electron chi connectivity index (χ1n) is 8.28. The van der Waals surface area contributed by atoms with E-state index < -0.39 is 5.60 Å². The number of amides is 1. The zero-order valence-electron chi connectivity index (χ0n) is 14.4. The number of fused-ring (bicyclic) bond motifs is 2. The number of likely N-dealkylation sites (N-methyl/N-ethyl adjacent to an activating group) is 1. The Morgan fingerprint density at radius 3 is 2.43 bits per heavy atom. The van der Waals surface area contributed by atoms with Crippen LogP contribution in [0.3, 0.4) is 0 Å². The molecular weight excluding hydrogens is 314 g/mol. The van der Waals surface area contributed by atoms with Gasteiger partial charge < -0.3 is 14.2 Å². The Balaban J connectivity index is 1.76. The van der Waals surface area contributed by atoms with Crippen LogP contribution < -0.4 is 0 Å². The van der Waals surface area contributed by atoms with Crippen LogP contribution in [-0.2, 0) is 16.8 Å². The van der Waals surface area contributed by atoms with E-state index in [1.165, 1.54) is 5.69 Å². The Morgan fingerprint density at radius 2 is 1.83 bits per heavy atom. The topological polar surface area (TPSA) is 37.7 Å². The number of piperidine rings is 1. The van der Waals surface area contributed by atoms with E-state index >= 15 is 0 Å². The number of aromatic nitrogens is 1. The molecule has 1 aromatic heterocycles. The lowest BCUT2D eigenvalue weighted by atomic mass is 9.81. The van der Waals surface area contributed by atoms with E-state index in [2.05, 4.69) is 22.6 Å². The smallest absolute Gasteiger partial charge is 0.410 e. The third-order valence-corrected chi connectivity index (χ3v) is 5.37. The Hall–Kier alpha value is -1.20. The van der Waals surface area contributed by atoms with Crippen LogP contribution in [0.1, 0.15) is 39.3 Å². The molecule has 128 valence electrons. The van der Waals surface area contributed by atoms with Crippen LogP contribution in [-0.4, -0.2) is 52.7 Å². The van der Waals surface area contributed by atoms with Crippen molar-refractivity contribution >= 4 is 17.7 Å². The van der Waals surface area contributed by atoms with E-state index in [4.69, 9.17) is 16.3 Å². The molecule has 3 rings (SSSR count). The van der Waals surface area contributed by atoms with Gasteiger partial charge in [-0.1, -0.05) is 11.6 Å². The summed E-state index contributed by atoms with van der Waals surface area (Å²) in [5, 5.41) is 0.807. The first-order valence-corrected chi connectivity index (χ1v) is 8.65. The molecule has 5 nitrogen and oxygen atoms in total. The van der Waals surface area contributed by atoms with E-state index in [0.29, 0.717) is 13.1 Å². The molecule has 1 spiro atoms. The molecule has 1 aromatic rings. The molecule has 1 saturated heterocycles. The van der Waals surface area contributed by atoms with Gasteiger partial charge in [0.25, 0.3) is 0 Å². The van der Waals surface area contributed by atoms with Gasteiger partial charge in [0.15, 0.2) is 0 Å². The van der Waals surface area contributed by atoms with Gasteiger partial charge in [0.05, 0.1) is 5.54 Å². The van der Waals surface area contributed by atoms with Crippen molar-refractivity contribution in [1.82, 2.24) is 14.4 Å².